The van der Waals surface area contributed by atoms with E-state index in [1.54, 1.807) is 18.4 Å². The molecule has 0 saturated heterocycles. The molecule has 0 saturated carbocycles. The summed E-state index contributed by atoms with van der Waals surface area (Å²) in [7, 11) is 0. The zero-order valence-corrected chi connectivity index (χ0v) is 21.8. The molecule has 8 heteroatoms. The number of hydrogen-bond acceptors (Lipinski definition) is 6. The van der Waals surface area contributed by atoms with Crippen LogP contribution < -0.4 is 19.6 Å². The summed E-state index contributed by atoms with van der Waals surface area (Å²) in [6.07, 6.45) is 1.76. The van der Waals surface area contributed by atoms with Crippen molar-refractivity contribution in [2.24, 2.45) is 4.99 Å². The number of ether oxygens (including phenoxy) is 2. The van der Waals surface area contributed by atoms with Gasteiger partial charge in [-0.3, -0.25) is 9.36 Å². The second-order valence-corrected chi connectivity index (χ2v) is 9.99. The van der Waals surface area contributed by atoms with Crippen LogP contribution in [-0.4, -0.2) is 23.2 Å². The number of fused-ring (bicyclic) bond motifs is 1. The van der Waals surface area contributed by atoms with Crippen molar-refractivity contribution in [3.63, 3.8) is 0 Å². The van der Waals surface area contributed by atoms with E-state index in [4.69, 9.17) is 9.47 Å². The maximum atomic E-state index is 13.7. The standard InChI is InChI=1S/C26H25BrN2O4S/c1-5-32-25(31)22-16(4)28-26-29(23(22)19-11-6-7-12-20(19)33-15(2)3)24(30)21(34-26)14-17-9-8-10-18(27)13-17/h6-15,23H,5H2,1-4H3/b21-14+/t23-/m1/s1. The van der Waals surface area contributed by atoms with Crippen LogP contribution in [0.2, 0.25) is 0 Å². The largest absolute Gasteiger partial charge is 0.491 e. The first-order chi connectivity index (χ1) is 16.3. The summed E-state index contributed by atoms with van der Waals surface area (Å²) < 4.78 is 14.5. The van der Waals surface area contributed by atoms with Crippen molar-refractivity contribution in [2.45, 2.75) is 39.8 Å². The van der Waals surface area contributed by atoms with Crippen LogP contribution in [0.25, 0.3) is 6.08 Å². The van der Waals surface area contributed by atoms with E-state index in [2.05, 4.69) is 20.9 Å². The molecule has 2 heterocycles. The highest BCUT2D eigenvalue weighted by Crippen LogP contribution is 2.36. The number of halogens is 1. The fourth-order valence-electron chi connectivity index (χ4n) is 3.90. The fourth-order valence-corrected chi connectivity index (χ4v) is 5.36. The minimum absolute atomic E-state index is 0.0790. The lowest BCUT2D eigenvalue weighted by Crippen LogP contribution is -2.40. The Balaban J connectivity index is 1.99. The number of benzene rings is 2. The molecule has 0 N–H and O–H groups in total. The monoisotopic (exact) mass is 540 g/mol. The predicted molar refractivity (Wildman–Crippen MR) is 137 cm³/mol. The van der Waals surface area contributed by atoms with Crippen LogP contribution in [-0.2, 0) is 9.53 Å². The van der Waals surface area contributed by atoms with Gasteiger partial charge in [0, 0.05) is 10.0 Å². The van der Waals surface area contributed by atoms with E-state index >= 15 is 0 Å². The molecule has 0 bridgehead atoms. The molecular formula is C26H25BrN2O4S. The Kier molecular flexibility index (Phi) is 7.19. The summed E-state index contributed by atoms with van der Waals surface area (Å²) in [6, 6.07) is 14.5. The first-order valence-corrected chi connectivity index (χ1v) is 12.6. The van der Waals surface area contributed by atoms with Crippen molar-refractivity contribution in [1.82, 2.24) is 4.57 Å². The first-order valence-electron chi connectivity index (χ1n) is 11.0. The summed E-state index contributed by atoms with van der Waals surface area (Å²) in [5, 5.41) is 0. The molecule has 1 aromatic heterocycles. The smallest absolute Gasteiger partial charge is 0.338 e. The quantitative estimate of drug-likeness (QED) is 0.436. The van der Waals surface area contributed by atoms with Crippen LogP contribution in [0.3, 0.4) is 0 Å². The number of esters is 1. The van der Waals surface area contributed by atoms with Gasteiger partial charge >= 0.3 is 5.97 Å². The van der Waals surface area contributed by atoms with Gasteiger partial charge in [-0.25, -0.2) is 9.79 Å². The third kappa shape index (κ3) is 4.79. The summed E-state index contributed by atoms with van der Waals surface area (Å²) >= 11 is 4.77. The van der Waals surface area contributed by atoms with E-state index in [1.807, 2.05) is 68.5 Å². The number of para-hydroxylation sites is 1. The van der Waals surface area contributed by atoms with Crippen molar-refractivity contribution < 1.29 is 14.3 Å². The maximum Gasteiger partial charge on any atom is 0.338 e. The molecule has 0 radical (unpaired) electrons. The molecule has 2 aromatic carbocycles. The Hall–Kier alpha value is -2.97. The van der Waals surface area contributed by atoms with E-state index in [9.17, 15) is 9.59 Å². The van der Waals surface area contributed by atoms with E-state index in [1.165, 1.54) is 11.3 Å². The van der Waals surface area contributed by atoms with Gasteiger partial charge in [0.2, 0.25) is 0 Å². The maximum absolute atomic E-state index is 13.7. The van der Waals surface area contributed by atoms with Gasteiger partial charge < -0.3 is 9.47 Å². The summed E-state index contributed by atoms with van der Waals surface area (Å²) in [4.78, 5) is 31.9. The van der Waals surface area contributed by atoms with Crippen molar-refractivity contribution >= 4 is 39.3 Å². The zero-order chi connectivity index (χ0) is 24.4. The minimum atomic E-state index is -0.713. The number of carbonyl (C=O) groups is 1. The van der Waals surface area contributed by atoms with Crippen molar-refractivity contribution in [1.29, 1.82) is 0 Å². The Morgan fingerprint density at radius 3 is 2.71 bits per heavy atom. The van der Waals surface area contributed by atoms with Crippen LogP contribution in [0, 0.1) is 0 Å². The van der Waals surface area contributed by atoms with Crippen LogP contribution in [0.4, 0.5) is 0 Å². The van der Waals surface area contributed by atoms with Crippen LogP contribution in [0.15, 0.2) is 74.1 Å². The van der Waals surface area contributed by atoms with Gasteiger partial charge in [-0.15, -0.1) is 0 Å². The predicted octanol–water partition coefficient (Wildman–Crippen LogP) is 4.35. The number of nitrogens with zero attached hydrogens (tertiary/aromatic N) is 2. The lowest BCUT2D eigenvalue weighted by Gasteiger charge is -2.26. The molecular weight excluding hydrogens is 516 g/mol. The lowest BCUT2D eigenvalue weighted by molar-refractivity contribution is -0.139. The Morgan fingerprint density at radius 2 is 2.00 bits per heavy atom. The van der Waals surface area contributed by atoms with E-state index in [0.717, 1.165) is 10.0 Å². The molecule has 6 nitrogen and oxygen atoms in total. The molecule has 34 heavy (non-hydrogen) atoms. The summed E-state index contributed by atoms with van der Waals surface area (Å²) in [5.74, 6) is 0.120. The number of aromatic nitrogens is 1. The third-order valence-corrected chi connectivity index (χ3v) is 6.72. The molecule has 1 aliphatic heterocycles. The second-order valence-electron chi connectivity index (χ2n) is 8.06. The summed E-state index contributed by atoms with van der Waals surface area (Å²) in [5.41, 5.74) is 2.24. The Labute approximate surface area is 210 Å². The van der Waals surface area contributed by atoms with Gasteiger partial charge in [-0.2, -0.15) is 0 Å². The average molecular weight is 541 g/mol. The van der Waals surface area contributed by atoms with Gasteiger partial charge in [-0.1, -0.05) is 57.6 Å². The molecule has 0 amide bonds. The molecule has 1 atom stereocenters. The molecule has 176 valence electrons. The molecule has 0 unspecified atom stereocenters. The highest BCUT2D eigenvalue weighted by Gasteiger charge is 2.35. The third-order valence-electron chi connectivity index (χ3n) is 5.24. The topological polar surface area (TPSA) is 69.9 Å². The summed E-state index contributed by atoms with van der Waals surface area (Å²) in [6.45, 7) is 7.63. The molecule has 1 aliphatic rings. The van der Waals surface area contributed by atoms with Crippen molar-refractivity contribution in [3.05, 3.63) is 95.1 Å². The van der Waals surface area contributed by atoms with E-state index in [0.29, 0.717) is 31.9 Å². The molecule has 0 aliphatic carbocycles. The van der Waals surface area contributed by atoms with Crippen LogP contribution in [0.5, 0.6) is 5.75 Å². The van der Waals surface area contributed by atoms with Gasteiger partial charge in [0.05, 0.1) is 28.5 Å². The molecule has 0 spiro atoms. The second kappa shape index (κ2) is 10.1. The van der Waals surface area contributed by atoms with Gasteiger partial charge in [0.25, 0.3) is 5.56 Å². The molecule has 3 aromatic rings. The molecule has 0 fully saturated rings. The molecule has 4 rings (SSSR count). The van der Waals surface area contributed by atoms with Crippen LogP contribution >= 0.6 is 27.3 Å². The van der Waals surface area contributed by atoms with Gasteiger partial charge in [0.15, 0.2) is 4.80 Å². The highest BCUT2D eigenvalue weighted by molar-refractivity contribution is 9.10. The number of carbonyl (C=O) groups excluding carboxylic acids is 1. The van der Waals surface area contributed by atoms with E-state index in [-0.39, 0.29) is 18.3 Å². The van der Waals surface area contributed by atoms with Crippen LogP contribution in [0.1, 0.15) is 44.9 Å². The number of thiazole rings is 1. The number of allylic oxidation sites excluding steroid dienone is 1. The van der Waals surface area contributed by atoms with Gasteiger partial charge in [-0.05, 0) is 57.5 Å². The lowest BCUT2D eigenvalue weighted by atomic mass is 9.95. The van der Waals surface area contributed by atoms with E-state index < -0.39 is 12.0 Å². The van der Waals surface area contributed by atoms with Crippen molar-refractivity contribution in [2.75, 3.05) is 6.61 Å². The Morgan fingerprint density at radius 1 is 1.24 bits per heavy atom. The number of hydrogen-bond donors (Lipinski definition) is 0. The average Bonchev–Trinajstić information content (AvgIpc) is 3.07. The van der Waals surface area contributed by atoms with Gasteiger partial charge in [0.1, 0.15) is 11.8 Å². The zero-order valence-electron chi connectivity index (χ0n) is 19.4. The fraction of sp³-hybridized carbons (Fsp3) is 0.269. The number of rotatable bonds is 6. The minimum Gasteiger partial charge on any atom is -0.491 e. The SMILES string of the molecule is CCOC(=O)C1=C(C)N=c2s/c(=C/c3cccc(Br)c3)c(=O)n2[C@@H]1c1ccccc1OC(C)C. The Bertz CT molecular complexity index is 1450. The highest BCUT2D eigenvalue weighted by atomic mass is 79.9. The first kappa shape index (κ1) is 24.2. The normalized spacial score (nSPS) is 15.8. The van der Waals surface area contributed by atoms with Crippen molar-refractivity contribution in [3.8, 4) is 5.75 Å².